The molecule has 0 saturated heterocycles. The van der Waals surface area contributed by atoms with E-state index >= 15 is 0 Å². The highest BCUT2D eigenvalue weighted by atomic mass is 16.5. The number of ether oxygens (including phenoxy) is 3. The van der Waals surface area contributed by atoms with Crippen molar-refractivity contribution < 1.29 is 19.0 Å². The fourth-order valence-corrected chi connectivity index (χ4v) is 5.18. The lowest BCUT2D eigenvalue weighted by Gasteiger charge is -2.23. The predicted octanol–water partition coefficient (Wildman–Crippen LogP) is 6.50. The number of amides is 1. The van der Waals surface area contributed by atoms with E-state index in [1.165, 1.54) is 0 Å². The Balaban J connectivity index is 1.49. The third-order valence-corrected chi connectivity index (χ3v) is 7.49. The van der Waals surface area contributed by atoms with Gasteiger partial charge in [-0.2, -0.15) is 5.10 Å². The van der Waals surface area contributed by atoms with E-state index < -0.39 is 0 Å². The molecule has 0 bridgehead atoms. The van der Waals surface area contributed by atoms with Gasteiger partial charge in [0.1, 0.15) is 17.2 Å². The number of rotatable bonds is 7. The Bertz CT molecular complexity index is 1780. The molecule has 0 aliphatic carbocycles. The molecule has 210 valence electrons. The number of hydrogen-bond acceptors (Lipinski definition) is 7. The second-order valence-corrected chi connectivity index (χ2v) is 9.98. The van der Waals surface area contributed by atoms with E-state index in [-0.39, 0.29) is 11.9 Å². The maximum atomic E-state index is 14.6. The summed E-state index contributed by atoms with van der Waals surface area (Å²) < 4.78 is 16.2. The molecule has 4 aromatic carbocycles. The summed E-state index contributed by atoms with van der Waals surface area (Å²) in [6.45, 7) is 0. The molecule has 2 N–H and O–H groups in total. The number of benzene rings is 4. The van der Waals surface area contributed by atoms with Crippen LogP contribution in [-0.2, 0) is 0 Å². The van der Waals surface area contributed by atoms with E-state index in [2.05, 4.69) is 0 Å². The smallest absolute Gasteiger partial charge is 0.275 e. The van der Waals surface area contributed by atoms with E-state index in [1.807, 2.05) is 97.1 Å². The molecule has 6 rings (SSSR count). The van der Waals surface area contributed by atoms with Gasteiger partial charge in [-0.3, -0.25) is 4.79 Å². The van der Waals surface area contributed by atoms with Crippen LogP contribution < -0.4 is 19.9 Å². The molecule has 0 fully saturated rings. The van der Waals surface area contributed by atoms with Gasteiger partial charge in [-0.15, -0.1) is 0 Å². The van der Waals surface area contributed by atoms with Gasteiger partial charge in [0.25, 0.3) is 5.91 Å². The van der Waals surface area contributed by atoms with E-state index in [0.29, 0.717) is 40.0 Å². The van der Waals surface area contributed by atoms with Crippen molar-refractivity contribution in [2.45, 2.75) is 12.5 Å². The first-order valence-corrected chi connectivity index (χ1v) is 13.5. The summed E-state index contributed by atoms with van der Waals surface area (Å²) in [5.41, 5.74) is 12.0. The summed E-state index contributed by atoms with van der Waals surface area (Å²) >= 11 is 0. The van der Waals surface area contributed by atoms with Gasteiger partial charge in [-0.05, 0) is 83.9 Å². The van der Waals surface area contributed by atoms with Gasteiger partial charge in [0.2, 0.25) is 0 Å². The van der Waals surface area contributed by atoms with E-state index in [0.717, 1.165) is 33.9 Å². The van der Waals surface area contributed by atoms with Crippen LogP contribution in [0.4, 0.5) is 5.69 Å². The summed E-state index contributed by atoms with van der Waals surface area (Å²) in [4.78, 5) is 19.5. The van der Waals surface area contributed by atoms with Gasteiger partial charge < -0.3 is 19.9 Å². The molecule has 5 aromatic rings. The minimum Gasteiger partial charge on any atom is -0.497 e. The zero-order valence-corrected chi connectivity index (χ0v) is 23.6. The van der Waals surface area contributed by atoms with Crippen LogP contribution in [-0.4, -0.2) is 42.9 Å². The number of anilines is 1. The van der Waals surface area contributed by atoms with Crippen LogP contribution in [0.25, 0.3) is 22.2 Å². The second kappa shape index (κ2) is 11.2. The molecule has 8 heteroatoms. The van der Waals surface area contributed by atoms with Crippen molar-refractivity contribution in [3.05, 3.63) is 114 Å². The van der Waals surface area contributed by atoms with Crippen LogP contribution in [0.15, 0.2) is 102 Å². The number of nitrogen functional groups attached to an aromatic ring is 1. The number of hydrazone groups is 1. The van der Waals surface area contributed by atoms with Gasteiger partial charge in [0.05, 0.1) is 49.9 Å². The third kappa shape index (κ3) is 5.10. The highest BCUT2D eigenvalue weighted by molar-refractivity contribution is 6.10. The van der Waals surface area contributed by atoms with Crippen LogP contribution in [0.5, 0.6) is 17.2 Å². The van der Waals surface area contributed by atoms with Crippen molar-refractivity contribution in [3.8, 4) is 28.5 Å². The van der Waals surface area contributed by atoms with Crippen LogP contribution in [0.2, 0.25) is 0 Å². The first kappa shape index (κ1) is 26.8. The fourth-order valence-electron chi connectivity index (χ4n) is 5.18. The third-order valence-electron chi connectivity index (χ3n) is 7.49. The van der Waals surface area contributed by atoms with Gasteiger partial charge in [-0.25, -0.2) is 9.99 Å². The second-order valence-electron chi connectivity index (χ2n) is 9.98. The molecule has 1 aromatic heterocycles. The number of methoxy groups -OCH3 is 3. The molecular formula is C34H30N4O4. The van der Waals surface area contributed by atoms with Gasteiger partial charge in [-0.1, -0.05) is 24.3 Å². The Morgan fingerprint density at radius 2 is 1.36 bits per heavy atom. The molecule has 0 spiro atoms. The Morgan fingerprint density at radius 1 is 0.762 bits per heavy atom. The number of carbonyl (C=O) groups excluding carboxylic acids is 1. The molecule has 0 radical (unpaired) electrons. The molecule has 8 nitrogen and oxygen atoms in total. The Labute approximate surface area is 244 Å². The summed E-state index contributed by atoms with van der Waals surface area (Å²) in [6, 6.07) is 30.0. The maximum absolute atomic E-state index is 14.6. The lowest BCUT2D eigenvalue weighted by molar-refractivity contribution is 0.0713. The van der Waals surface area contributed by atoms with Crippen molar-refractivity contribution in [1.29, 1.82) is 0 Å². The first-order chi connectivity index (χ1) is 20.5. The molecule has 2 heterocycles. The normalized spacial score (nSPS) is 14.5. The molecule has 1 amide bonds. The zero-order chi connectivity index (χ0) is 29.2. The van der Waals surface area contributed by atoms with Gasteiger partial charge in [0, 0.05) is 23.1 Å². The molecule has 0 saturated carbocycles. The maximum Gasteiger partial charge on any atom is 0.275 e. The van der Waals surface area contributed by atoms with Gasteiger partial charge >= 0.3 is 0 Å². The Morgan fingerprint density at radius 3 is 2.00 bits per heavy atom. The largest absolute Gasteiger partial charge is 0.497 e. The summed E-state index contributed by atoms with van der Waals surface area (Å²) in [5.74, 6) is 1.88. The molecule has 1 aliphatic rings. The van der Waals surface area contributed by atoms with Crippen LogP contribution in [0.1, 0.15) is 33.9 Å². The first-order valence-electron chi connectivity index (χ1n) is 13.5. The Hall–Kier alpha value is -5.37. The quantitative estimate of drug-likeness (QED) is 0.229. The number of fused-ring (bicyclic) bond motifs is 1. The van der Waals surface area contributed by atoms with Crippen molar-refractivity contribution in [2.75, 3.05) is 27.1 Å². The van der Waals surface area contributed by atoms with Crippen molar-refractivity contribution in [1.82, 2.24) is 9.99 Å². The monoisotopic (exact) mass is 558 g/mol. The lowest BCUT2D eigenvalue weighted by atomic mass is 9.97. The average Bonchev–Trinajstić information content (AvgIpc) is 3.49. The highest BCUT2D eigenvalue weighted by Crippen LogP contribution is 2.37. The van der Waals surface area contributed by atoms with Crippen molar-refractivity contribution in [3.63, 3.8) is 0 Å². The number of pyridine rings is 1. The van der Waals surface area contributed by atoms with Crippen molar-refractivity contribution in [2.24, 2.45) is 5.10 Å². The number of hydrogen-bond donors (Lipinski definition) is 1. The predicted molar refractivity (Wildman–Crippen MR) is 164 cm³/mol. The zero-order valence-electron chi connectivity index (χ0n) is 23.6. The minimum atomic E-state index is -0.325. The average molecular weight is 559 g/mol. The molecule has 1 unspecified atom stereocenters. The van der Waals surface area contributed by atoms with E-state index in [1.54, 1.807) is 26.3 Å². The minimum absolute atomic E-state index is 0.239. The molecule has 1 aliphatic heterocycles. The molecule has 1 atom stereocenters. The number of nitrogens with zero attached hydrogens (tertiary/aromatic N) is 3. The SMILES string of the molecule is COc1ccc(-c2cc(C(=O)N3N=C(c4ccc(N)cc4)CC3c3ccc(OC)cc3)c3cc(OC)ccc3n2)cc1. The Kier molecular flexibility index (Phi) is 7.19. The van der Waals surface area contributed by atoms with Crippen LogP contribution in [0.3, 0.4) is 0 Å². The number of carbonyl (C=O) groups is 1. The summed E-state index contributed by atoms with van der Waals surface area (Å²) in [7, 11) is 4.86. The van der Waals surface area contributed by atoms with Crippen LogP contribution >= 0.6 is 0 Å². The van der Waals surface area contributed by atoms with Gasteiger partial charge in [0.15, 0.2) is 0 Å². The number of nitrogens with two attached hydrogens (primary N) is 1. The topological polar surface area (TPSA) is 99.3 Å². The highest BCUT2D eigenvalue weighted by Gasteiger charge is 2.35. The lowest BCUT2D eigenvalue weighted by Crippen LogP contribution is -2.27. The summed E-state index contributed by atoms with van der Waals surface area (Å²) in [6.07, 6.45) is 0.541. The van der Waals surface area contributed by atoms with E-state index in [4.69, 9.17) is 30.0 Å². The number of aromatic nitrogens is 1. The standard InChI is InChI=1S/C34H30N4O4/c1-40-25-12-6-21(7-13-25)31-19-29(28-18-27(42-3)16-17-30(28)36-31)34(39)38-33(23-8-14-26(41-2)15-9-23)20-32(37-38)22-4-10-24(35)11-5-22/h4-19,33H,20,35H2,1-3H3. The summed E-state index contributed by atoms with van der Waals surface area (Å²) in [5, 5.41) is 7.16. The van der Waals surface area contributed by atoms with Crippen molar-refractivity contribution >= 4 is 28.2 Å². The molecule has 42 heavy (non-hydrogen) atoms. The fraction of sp³-hybridized carbons (Fsp3) is 0.147. The van der Waals surface area contributed by atoms with Crippen LogP contribution in [0, 0.1) is 0 Å². The molecular weight excluding hydrogens is 528 g/mol. The van der Waals surface area contributed by atoms with E-state index in [9.17, 15) is 4.79 Å².